The zero-order valence-corrected chi connectivity index (χ0v) is 11.1. The Hall–Kier alpha value is -1.69. The fraction of sp³-hybridized carbons (Fsp3) is 0.462. The highest BCUT2D eigenvalue weighted by Crippen LogP contribution is 2.18. The van der Waals surface area contributed by atoms with Crippen molar-refractivity contribution in [2.45, 2.75) is 25.9 Å². The summed E-state index contributed by atoms with van der Waals surface area (Å²) in [4.78, 5) is 11.5. The minimum Gasteiger partial charge on any atom is -0.488 e. The number of hydrogen-bond acceptors (Lipinski definition) is 4. The third kappa shape index (κ3) is 4.82. The summed E-state index contributed by atoms with van der Waals surface area (Å²) < 4.78 is 36.0. The lowest BCUT2D eigenvalue weighted by atomic mass is 10.2. The van der Waals surface area contributed by atoms with E-state index in [9.17, 15) is 13.6 Å². The maximum atomic E-state index is 13.3. The van der Waals surface area contributed by atoms with Crippen molar-refractivity contribution in [1.82, 2.24) is 5.32 Å². The maximum absolute atomic E-state index is 13.3. The van der Waals surface area contributed by atoms with Crippen LogP contribution in [0.15, 0.2) is 18.2 Å². The van der Waals surface area contributed by atoms with E-state index in [0.717, 1.165) is 18.2 Å². The van der Waals surface area contributed by atoms with Gasteiger partial charge < -0.3 is 9.47 Å². The second-order valence-corrected chi connectivity index (χ2v) is 4.28. The van der Waals surface area contributed by atoms with Crippen molar-refractivity contribution in [1.29, 1.82) is 0 Å². The summed E-state index contributed by atoms with van der Waals surface area (Å²) in [5, 5.41) is 2.92. The quantitative estimate of drug-likeness (QED) is 0.804. The molecule has 4 nitrogen and oxygen atoms in total. The Bertz CT molecular complexity index is 438. The Morgan fingerprint density at radius 1 is 1.37 bits per heavy atom. The van der Waals surface area contributed by atoms with Crippen LogP contribution in [0.3, 0.4) is 0 Å². The van der Waals surface area contributed by atoms with Crippen molar-refractivity contribution in [2.75, 3.05) is 13.7 Å². The van der Waals surface area contributed by atoms with E-state index in [0.29, 0.717) is 0 Å². The van der Waals surface area contributed by atoms with Gasteiger partial charge in [-0.15, -0.1) is 0 Å². The Labute approximate surface area is 110 Å². The van der Waals surface area contributed by atoms with Gasteiger partial charge in [-0.2, -0.15) is 0 Å². The number of carbonyl (C=O) groups is 1. The number of esters is 1. The Morgan fingerprint density at radius 2 is 2.05 bits per heavy atom. The highest BCUT2D eigenvalue weighted by molar-refractivity contribution is 5.75. The molecule has 0 aromatic heterocycles. The summed E-state index contributed by atoms with van der Waals surface area (Å²) in [5.74, 6) is -2.05. The van der Waals surface area contributed by atoms with Crippen LogP contribution < -0.4 is 10.1 Å². The van der Waals surface area contributed by atoms with Gasteiger partial charge in [0.1, 0.15) is 18.5 Å². The van der Waals surface area contributed by atoms with Gasteiger partial charge in [0.05, 0.1) is 7.11 Å². The largest absolute Gasteiger partial charge is 0.488 e. The zero-order valence-electron chi connectivity index (χ0n) is 11.1. The molecule has 0 amide bonds. The number of halogens is 2. The van der Waals surface area contributed by atoms with Crippen LogP contribution in [0, 0.1) is 11.6 Å². The minimum atomic E-state index is -0.743. The van der Waals surface area contributed by atoms with Gasteiger partial charge in [-0.25, -0.2) is 8.78 Å². The molecule has 1 atom stereocenters. The van der Waals surface area contributed by atoms with Gasteiger partial charge in [0.15, 0.2) is 11.6 Å². The van der Waals surface area contributed by atoms with Crippen LogP contribution in [0.5, 0.6) is 5.75 Å². The third-order valence-corrected chi connectivity index (χ3v) is 2.32. The smallest absolute Gasteiger partial charge is 0.326 e. The standard InChI is InChI=1S/C13H17F2NO3/c1-8(2)16-11(13(17)18-3)7-19-12-6-9(14)4-5-10(12)15/h4-6,8,11,16H,7H2,1-3H3. The summed E-state index contributed by atoms with van der Waals surface area (Å²) in [6.07, 6.45) is 0. The number of ether oxygens (including phenoxy) is 2. The number of hydrogen-bond donors (Lipinski definition) is 1. The molecule has 1 rings (SSSR count). The molecule has 0 radical (unpaired) electrons. The molecule has 0 saturated carbocycles. The lowest BCUT2D eigenvalue weighted by molar-refractivity contribution is -0.144. The molecule has 6 heteroatoms. The van der Waals surface area contributed by atoms with Crippen molar-refractivity contribution in [3.63, 3.8) is 0 Å². The van der Waals surface area contributed by atoms with E-state index in [2.05, 4.69) is 10.1 Å². The molecular formula is C13H17F2NO3. The molecule has 19 heavy (non-hydrogen) atoms. The summed E-state index contributed by atoms with van der Waals surface area (Å²) in [6, 6.07) is 2.16. The molecular weight excluding hydrogens is 256 g/mol. The normalized spacial score (nSPS) is 12.3. The van der Waals surface area contributed by atoms with Gasteiger partial charge in [0, 0.05) is 12.1 Å². The summed E-state index contributed by atoms with van der Waals surface area (Å²) in [7, 11) is 1.25. The molecule has 0 aliphatic rings. The lowest BCUT2D eigenvalue weighted by Crippen LogP contribution is -2.45. The van der Waals surface area contributed by atoms with E-state index in [1.165, 1.54) is 7.11 Å². The second kappa shape index (κ2) is 7.04. The topological polar surface area (TPSA) is 47.6 Å². The Kier molecular flexibility index (Phi) is 5.69. The number of nitrogens with one attached hydrogen (secondary N) is 1. The van der Waals surface area contributed by atoms with Gasteiger partial charge in [-0.3, -0.25) is 10.1 Å². The van der Waals surface area contributed by atoms with Gasteiger partial charge >= 0.3 is 5.97 Å². The van der Waals surface area contributed by atoms with Crippen LogP contribution in [0.2, 0.25) is 0 Å². The highest BCUT2D eigenvalue weighted by atomic mass is 19.1. The molecule has 106 valence electrons. The summed E-state index contributed by atoms with van der Waals surface area (Å²) in [6.45, 7) is 3.54. The first-order valence-corrected chi connectivity index (χ1v) is 5.85. The molecule has 1 aromatic rings. The van der Waals surface area contributed by atoms with Crippen LogP contribution in [0.1, 0.15) is 13.8 Å². The van der Waals surface area contributed by atoms with Crippen molar-refractivity contribution < 1.29 is 23.0 Å². The first-order chi connectivity index (χ1) is 8.93. The van der Waals surface area contributed by atoms with E-state index >= 15 is 0 Å². The van der Waals surface area contributed by atoms with Crippen molar-refractivity contribution >= 4 is 5.97 Å². The fourth-order valence-corrected chi connectivity index (χ4v) is 1.49. The predicted molar refractivity (Wildman–Crippen MR) is 65.9 cm³/mol. The van der Waals surface area contributed by atoms with E-state index in [1.54, 1.807) is 0 Å². The fourth-order valence-electron chi connectivity index (χ4n) is 1.49. The maximum Gasteiger partial charge on any atom is 0.326 e. The molecule has 0 heterocycles. The van der Waals surface area contributed by atoms with Crippen LogP contribution in [-0.2, 0) is 9.53 Å². The van der Waals surface area contributed by atoms with Crippen LogP contribution in [-0.4, -0.2) is 31.8 Å². The van der Waals surface area contributed by atoms with Gasteiger partial charge in [-0.05, 0) is 12.1 Å². The molecule has 1 unspecified atom stereocenters. The molecule has 0 saturated heterocycles. The average molecular weight is 273 g/mol. The Morgan fingerprint density at radius 3 is 2.63 bits per heavy atom. The molecule has 0 fully saturated rings. The minimum absolute atomic E-state index is 0.0186. The molecule has 1 N–H and O–H groups in total. The summed E-state index contributed by atoms with van der Waals surface area (Å²) in [5.41, 5.74) is 0. The molecule has 0 spiro atoms. The monoisotopic (exact) mass is 273 g/mol. The molecule has 1 aromatic carbocycles. The van der Waals surface area contributed by atoms with Gasteiger partial charge in [0.25, 0.3) is 0 Å². The highest BCUT2D eigenvalue weighted by Gasteiger charge is 2.21. The van der Waals surface area contributed by atoms with E-state index in [1.807, 2.05) is 13.8 Å². The summed E-state index contributed by atoms with van der Waals surface area (Å²) >= 11 is 0. The second-order valence-electron chi connectivity index (χ2n) is 4.28. The lowest BCUT2D eigenvalue weighted by Gasteiger charge is -2.19. The molecule has 0 bridgehead atoms. The number of rotatable bonds is 6. The SMILES string of the molecule is COC(=O)C(COc1cc(F)ccc1F)NC(C)C. The van der Waals surface area contributed by atoms with Gasteiger partial charge in [0.2, 0.25) is 0 Å². The van der Waals surface area contributed by atoms with E-state index in [4.69, 9.17) is 4.74 Å². The van der Waals surface area contributed by atoms with Crippen LogP contribution in [0.4, 0.5) is 8.78 Å². The number of methoxy groups -OCH3 is 1. The molecule has 0 aliphatic carbocycles. The predicted octanol–water partition coefficient (Wildman–Crippen LogP) is 1.88. The van der Waals surface area contributed by atoms with Crippen molar-refractivity contribution in [3.05, 3.63) is 29.8 Å². The first-order valence-electron chi connectivity index (χ1n) is 5.85. The third-order valence-electron chi connectivity index (χ3n) is 2.32. The zero-order chi connectivity index (χ0) is 14.4. The molecule has 0 aliphatic heterocycles. The number of benzene rings is 1. The van der Waals surface area contributed by atoms with Crippen LogP contribution in [0.25, 0.3) is 0 Å². The average Bonchev–Trinajstić information content (AvgIpc) is 2.36. The van der Waals surface area contributed by atoms with Crippen molar-refractivity contribution in [3.8, 4) is 5.75 Å². The van der Waals surface area contributed by atoms with E-state index < -0.39 is 23.6 Å². The first kappa shape index (κ1) is 15.4. The van der Waals surface area contributed by atoms with E-state index in [-0.39, 0.29) is 18.4 Å². The Balaban J connectivity index is 2.70. The van der Waals surface area contributed by atoms with Gasteiger partial charge in [-0.1, -0.05) is 13.8 Å². The van der Waals surface area contributed by atoms with Crippen molar-refractivity contribution in [2.24, 2.45) is 0 Å². The number of carbonyl (C=O) groups excluding carboxylic acids is 1. The van der Waals surface area contributed by atoms with Crippen LogP contribution >= 0.6 is 0 Å².